The molecule has 0 aromatic heterocycles. The maximum absolute atomic E-state index is 6.82. The summed E-state index contributed by atoms with van der Waals surface area (Å²) in [6, 6.07) is 4.83. The van der Waals surface area contributed by atoms with Gasteiger partial charge in [0.2, 0.25) is 0 Å². The Morgan fingerprint density at radius 1 is 0.783 bits per heavy atom. The van der Waals surface area contributed by atoms with Crippen molar-refractivity contribution < 1.29 is 0 Å². The maximum atomic E-state index is 6.82. The second-order valence-electron chi connectivity index (χ2n) is 10.5. The van der Waals surface area contributed by atoms with E-state index in [4.69, 9.17) is 5.73 Å². The first-order chi connectivity index (χ1) is 10.2. The van der Waals surface area contributed by atoms with E-state index in [1.807, 2.05) is 0 Å². The number of nitrogens with two attached hydrogens (primary N) is 1. The lowest BCUT2D eigenvalue weighted by molar-refractivity contribution is 0.276. The van der Waals surface area contributed by atoms with E-state index in [2.05, 4.69) is 79.8 Å². The van der Waals surface area contributed by atoms with Crippen molar-refractivity contribution in [2.24, 2.45) is 5.73 Å². The van der Waals surface area contributed by atoms with Gasteiger partial charge in [0, 0.05) is 13.1 Å². The van der Waals surface area contributed by atoms with Crippen LogP contribution >= 0.6 is 0 Å². The van der Waals surface area contributed by atoms with Crippen LogP contribution in [0.3, 0.4) is 0 Å². The summed E-state index contributed by atoms with van der Waals surface area (Å²) in [4.78, 5) is 0. The van der Waals surface area contributed by atoms with Gasteiger partial charge in [-0.2, -0.15) is 0 Å². The molecule has 130 valence electrons. The minimum Gasteiger partial charge on any atom is -0.319 e. The van der Waals surface area contributed by atoms with E-state index in [1.165, 1.54) is 22.3 Å². The van der Waals surface area contributed by atoms with Crippen LogP contribution < -0.4 is 11.1 Å². The van der Waals surface area contributed by atoms with Crippen molar-refractivity contribution in [3.05, 3.63) is 34.4 Å². The molecule has 1 heterocycles. The molecule has 3 N–H and O–H groups in total. The highest BCUT2D eigenvalue weighted by atomic mass is 15.1. The van der Waals surface area contributed by atoms with Gasteiger partial charge in [0.05, 0.1) is 5.54 Å². The molecule has 1 aliphatic rings. The highest BCUT2D eigenvalue weighted by molar-refractivity contribution is 5.52. The van der Waals surface area contributed by atoms with Gasteiger partial charge in [-0.15, -0.1) is 0 Å². The highest BCUT2D eigenvalue weighted by Crippen LogP contribution is 2.43. The maximum Gasteiger partial charge on any atom is 0.0668 e. The molecule has 1 aromatic rings. The van der Waals surface area contributed by atoms with Gasteiger partial charge in [-0.05, 0) is 38.5 Å². The van der Waals surface area contributed by atoms with Gasteiger partial charge < -0.3 is 11.1 Å². The third kappa shape index (κ3) is 3.49. The van der Waals surface area contributed by atoms with Crippen molar-refractivity contribution in [1.29, 1.82) is 0 Å². The zero-order valence-electron chi connectivity index (χ0n) is 16.6. The van der Waals surface area contributed by atoms with Gasteiger partial charge in [0.15, 0.2) is 0 Å². The first-order valence-electron chi connectivity index (χ1n) is 8.86. The third-order valence-corrected chi connectivity index (χ3v) is 5.00. The van der Waals surface area contributed by atoms with Crippen LogP contribution in [-0.4, -0.2) is 13.1 Å². The Balaban J connectivity index is 2.86. The second-order valence-corrected chi connectivity index (χ2v) is 10.5. The molecule has 0 bridgehead atoms. The normalized spacial score (nSPS) is 18.7. The molecule has 0 saturated carbocycles. The fourth-order valence-corrected chi connectivity index (χ4v) is 3.37. The largest absolute Gasteiger partial charge is 0.319 e. The van der Waals surface area contributed by atoms with E-state index in [1.54, 1.807) is 0 Å². The summed E-state index contributed by atoms with van der Waals surface area (Å²) in [7, 11) is 0. The molecule has 2 rings (SSSR count). The van der Waals surface area contributed by atoms with Crippen LogP contribution in [0.1, 0.15) is 84.6 Å². The van der Waals surface area contributed by atoms with E-state index in [0.717, 1.165) is 13.1 Å². The third-order valence-electron chi connectivity index (χ3n) is 5.00. The molecule has 1 saturated heterocycles. The first kappa shape index (κ1) is 18.5. The van der Waals surface area contributed by atoms with Gasteiger partial charge in [0.1, 0.15) is 0 Å². The number of benzene rings is 1. The molecule has 0 aliphatic carbocycles. The molecule has 1 aromatic carbocycles. The van der Waals surface area contributed by atoms with Crippen LogP contribution in [0.4, 0.5) is 0 Å². The summed E-state index contributed by atoms with van der Waals surface area (Å²) >= 11 is 0. The Hall–Kier alpha value is -0.860. The number of rotatable bonds is 1. The van der Waals surface area contributed by atoms with Crippen molar-refractivity contribution >= 4 is 0 Å². The smallest absolute Gasteiger partial charge is 0.0668 e. The minimum absolute atomic E-state index is 0.0819. The zero-order chi connectivity index (χ0) is 17.8. The lowest BCUT2D eigenvalue weighted by Gasteiger charge is -2.46. The topological polar surface area (TPSA) is 38.0 Å². The molecule has 1 aliphatic heterocycles. The molecule has 2 heteroatoms. The molecule has 0 amide bonds. The van der Waals surface area contributed by atoms with E-state index < -0.39 is 0 Å². The summed E-state index contributed by atoms with van der Waals surface area (Å²) < 4.78 is 0. The molecular formula is C21H36N2. The van der Waals surface area contributed by atoms with Crippen LogP contribution in [0.5, 0.6) is 0 Å². The molecule has 0 atom stereocenters. The predicted octanol–water partition coefficient (Wildman–Crippen LogP) is 4.34. The molecule has 0 radical (unpaired) electrons. The minimum atomic E-state index is -0.234. The van der Waals surface area contributed by atoms with E-state index in [9.17, 15) is 0 Å². The highest BCUT2D eigenvalue weighted by Gasteiger charge is 2.42. The standard InChI is InChI=1S/C21H36N2/c1-18(2,3)14-10-15(19(4,5)6)17(21(22)12-23-13-21)16(11-14)20(7,8)9/h10-11,23H,12-13,22H2,1-9H3. The Morgan fingerprint density at radius 2 is 1.17 bits per heavy atom. The Morgan fingerprint density at radius 3 is 1.39 bits per heavy atom. The molecular weight excluding hydrogens is 280 g/mol. The molecule has 0 spiro atoms. The first-order valence-corrected chi connectivity index (χ1v) is 8.86. The average molecular weight is 317 g/mol. The predicted molar refractivity (Wildman–Crippen MR) is 101 cm³/mol. The Kier molecular flexibility index (Phi) is 4.28. The quantitative estimate of drug-likeness (QED) is 0.809. The van der Waals surface area contributed by atoms with E-state index >= 15 is 0 Å². The summed E-state index contributed by atoms with van der Waals surface area (Å²) in [6.45, 7) is 22.5. The van der Waals surface area contributed by atoms with Crippen molar-refractivity contribution in [2.75, 3.05) is 13.1 Å². The number of nitrogens with one attached hydrogen (secondary N) is 1. The van der Waals surface area contributed by atoms with E-state index in [-0.39, 0.29) is 21.8 Å². The van der Waals surface area contributed by atoms with E-state index in [0.29, 0.717) is 0 Å². The van der Waals surface area contributed by atoms with Crippen molar-refractivity contribution in [3.63, 3.8) is 0 Å². The van der Waals surface area contributed by atoms with Crippen molar-refractivity contribution in [1.82, 2.24) is 5.32 Å². The van der Waals surface area contributed by atoms with Crippen LogP contribution in [-0.2, 0) is 21.8 Å². The molecule has 1 fully saturated rings. The summed E-state index contributed by atoms with van der Waals surface area (Å²) in [5.74, 6) is 0. The van der Waals surface area contributed by atoms with Gasteiger partial charge >= 0.3 is 0 Å². The Labute approximate surface area is 143 Å². The summed E-state index contributed by atoms with van der Waals surface area (Å²) in [5, 5.41) is 3.38. The van der Waals surface area contributed by atoms with Gasteiger partial charge in [-0.1, -0.05) is 74.4 Å². The van der Waals surface area contributed by atoms with Crippen LogP contribution in [0.25, 0.3) is 0 Å². The van der Waals surface area contributed by atoms with Crippen molar-refractivity contribution in [3.8, 4) is 0 Å². The van der Waals surface area contributed by atoms with Crippen LogP contribution in [0.15, 0.2) is 12.1 Å². The zero-order valence-corrected chi connectivity index (χ0v) is 16.6. The van der Waals surface area contributed by atoms with Gasteiger partial charge in [0.25, 0.3) is 0 Å². The lowest BCUT2D eigenvalue weighted by atomic mass is 9.66. The SMILES string of the molecule is CC(C)(C)c1cc(C(C)(C)C)c(C2(N)CNC2)c(C(C)(C)C)c1. The summed E-state index contributed by atoms with van der Waals surface area (Å²) in [6.07, 6.45) is 0. The Bertz CT molecular complexity index is 553. The second kappa shape index (κ2) is 5.32. The van der Waals surface area contributed by atoms with Gasteiger partial charge in [-0.25, -0.2) is 0 Å². The van der Waals surface area contributed by atoms with Crippen LogP contribution in [0, 0.1) is 0 Å². The number of hydrogen-bond acceptors (Lipinski definition) is 2. The molecule has 23 heavy (non-hydrogen) atoms. The monoisotopic (exact) mass is 316 g/mol. The molecule has 0 unspecified atom stereocenters. The van der Waals surface area contributed by atoms with Crippen molar-refractivity contribution in [2.45, 2.75) is 84.1 Å². The fraction of sp³-hybridized carbons (Fsp3) is 0.714. The summed E-state index contributed by atoms with van der Waals surface area (Å²) in [5.41, 5.74) is 12.5. The molecule has 2 nitrogen and oxygen atoms in total. The van der Waals surface area contributed by atoms with Crippen LogP contribution in [0.2, 0.25) is 0 Å². The average Bonchev–Trinajstić information content (AvgIpc) is 2.31. The lowest BCUT2D eigenvalue weighted by Crippen LogP contribution is -2.64. The van der Waals surface area contributed by atoms with Gasteiger partial charge in [-0.3, -0.25) is 0 Å². The fourth-order valence-electron chi connectivity index (χ4n) is 3.37. The number of hydrogen-bond donors (Lipinski definition) is 2.